The van der Waals surface area contributed by atoms with E-state index < -0.39 is 0 Å². The van der Waals surface area contributed by atoms with E-state index in [4.69, 9.17) is 0 Å². The zero-order valence-corrected chi connectivity index (χ0v) is 18.1. The van der Waals surface area contributed by atoms with E-state index in [1.165, 1.54) is 56.1 Å². The summed E-state index contributed by atoms with van der Waals surface area (Å²) in [5.74, 6) is 2.27. The van der Waals surface area contributed by atoms with Gasteiger partial charge in [0, 0.05) is 0 Å². The fourth-order valence-corrected chi connectivity index (χ4v) is 5.47. The van der Waals surface area contributed by atoms with Crippen molar-refractivity contribution in [3.63, 3.8) is 0 Å². The molecule has 0 aromatic heterocycles. The van der Waals surface area contributed by atoms with Gasteiger partial charge >= 0.3 is 0 Å². The summed E-state index contributed by atoms with van der Waals surface area (Å²) in [6.07, 6.45) is 18.0. The monoisotopic (exact) mass is 384 g/mol. The smallest absolute Gasteiger partial charge is 0.0118 e. The third-order valence-electron chi connectivity index (χ3n) is 7.25. The maximum absolute atomic E-state index is 3.85. The SMILES string of the molecule is C=CCCc1ccc2c(c1)CCC(c1ccc(C3CCC(/C=C/C)CC3)cc1)C2. The fraction of sp³-hybridized carbons (Fsp3) is 0.448. The van der Waals surface area contributed by atoms with Crippen molar-refractivity contribution in [1.82, 2.24) is 0 Å². The lowest BCUT2D eigenvalue weighted by molar-refractivity contribution is 0.375. The molecule has 0 N–H and O–H groups in total. The molecule has 29 heavy (non-hydrogen) atoms. The number of fused-ring (bicyclic) bond motifs is 1. The molecule has 0 radical (unpaired) electrons. The maximum Gasteiger partial charge on any atom is -0.0118 e. The summed E-state index contributed by atoms with van der Waals surface area (Å²) in [5.41, 5.74) is 7.72. The maximum atomic E-state index is 3.85. The third kappa shape index (κ3) is 4.92. The molecule has 1 atom stereocenters. The van der Waals surface area contributed by atoms with E-state index in [2.05, 4.69) is 68.1 Å². The van der Waals surface area contributed by atoms with Crippen molar-refractivity contribution in [1.29, 1.82) is 0 Å². The van der Waals surface area contributed by atoms with E-state index in [9.17, 15) is 0 Å². The molecule has 0 bridgehead atoms. The van der Waals surface area contributed by atoms with Crippen molar-refractivity contribution in [2.45, 2.75) is 76.5 Å². The Morgan fingerprint density at radius 1 is 0.862 bits per heavy atom. The first-order chi connectivity index (χ1) is 14.3. The van der Waals surface area contributed by atoms with Gasteiger partial charge in [0.2, 0.25) is 0 Å². The molecule has 0 nitrogen and oxygen atoms in total. The van der Waals surface area contributed by atoms with Crippen molar-refractivity contribution < 1.29 is 0 Å². The highest BCUT2D eigenvalue weighted by Gasteiger charge is 2.23. The van der Waals surface area contributed by atoms with E-state index >= 15 is 0 Å². The number of rotatable bonds is 6. The molecule has 0 aliphatic heterocycles. The summed E-state index contributed by atoms with van der Waals surface area (Å²) in [5, 5.41) is 0. The van der Waals surface area contributed by atoms with Gasteiger partial charge < -0.3 is 0 Å². The second kappa shape index (κ2) is 9.61. The van der Waals surface area contributed by atoms with Crippen LogP contribution in [-0.4, -0.2) is 0 Å². The molecule has 0 spiro atoms. The average Bonchev–Trinajstić information content (AvgIpc) is 2.78. The Bertz CT molecular complexity index is 831. The van der Waals surface area contributed by atoms with Crippen LogP contribution in [0, 0.1) is 5.92 Å². The Hall–Kier alpha value is -2.08. The molecule has 4 rings (SSSR count). The molecule has 2 aliphatic rings. The third-order valence-corrected chi connectivity index (χ3v) is 7.25. The predicted octanol–water partition coefficient (Wildman–Crippen LogP) is 7.93. The molecule has 2 aromatic rings. The molecule has 0 saturated heterocycles. The van der Waals surface area contributed by atoms with Crippen molar-refractivity contribution in [2.24, 2.45) is 5.92 Å². The van der Waals surface area contributed by atoms with Gasteiger partial charge in [-0.2, -0.15) is 0 Å². The molecule has 0 amide bonds. The van der Waals surface area contributed by atoms with Crippen LogP contribution in [0.1, 0.15) is 85.1 Å². The lowest BCUT2D eigenvalue weighted by Gasteiger charge is -2.28. The molecule has 2 aliphatic carbocycles. The summed E-state index contributed by atoms with van der Waals surface area (Å²) in [4.78, 5) is 0. The number of hydrogen-bond donors (Lipinski definition) is 0. The summed E-state index contributed by atoms with van der Waals surface area (Å²) < 4.78 is 0. The minimum Gasteiger partial charge on any atom is -0.103 e. The molecule has 1 saturated carbocycles. The van der Waals surface area contributed by atoms with Crippen LogP contribution in [0.3, 0.4) is 0 Å². The molecule has 0 heteroatoms. The minimum absolute atomic E-state index is 0.681. The fourth-order valence-electron chi connectivity index (χ4n) is 5.47. The Morgan fingerprint density at radius 2 is 1.59 bits per heavy atom. The first-order valence-electron chi connectivity index (χ1n) is 11.7. The van der Waals surface area contributed by atoms with E-state index in [0.717, 1.165) is 24.7 Å². The molecular formula is C29H36. The number of allylic oxidation sites excluding steroid dienone is 3. The van der Waals surface area contributed by atoms with Crippen LogP contribution in [0.15, 0.2) is 67.3 Å². The van der Waals surface area contributed by atoms with Crippen molar-refractivity contribution in [2.75, 3.05) is 0 Å². The van der Waals surface area contributed by atoms with E-state index in [1.54, 1.807) is 16.7 Å². The Morgan fingerprint density at radius 3 is 2.28 bits per heavy atom. The molecule has 2 aromatic carbocycles. The molecular weight excluding hydrogens is 348 g/mol. The van der Waals surface area contributed by atoms with Gasteiger partial charge in [0.1, 0.15) is 0 Å². The van der Waals surface area contributed by atoms with Gasteiger partial charge in [0.15, 0.2) is 0 Å². The first kappa shape index (κ1) is 20.2. The van der Waals surface area contributed by atoms with Crippen LogP contribution in [0.25, 0.3) is 0 Å². The van der Waals surface area contributed by atoms with Crippen LogP contribution in [0.2, 0.25) is 0 Å². The zero-order chi connectivity index (χ0) is 20.1. The first-order valence-corrected chi connectivity index (χ1v) is 11.7. The van der Waals surface area contributed by atoms with Gasteiger partial charge in [-0.25, -0.2) is 0 Å². The van der Waals surface area contributed by atoms with Gasteiger partial charge in [0.25, 0.3) is 0 Å². The number of hydrogen-bond acceptors (Lipinski definition) is 0. The number of benzene rings is 2. The Kier molecular flexibility index (Phi) is 6.70. The predicted molar refractivity (Wildman–Crippen MR) is 126 cm³/mol. The highest BCUT2D eigenvalue weighted by Crippen LogP contribution is 2.38. The summed E-state index contributed by atoms with van der Waals surface area (Å²) in [7, 11) is 0. The Balaban J connectivity index is 1.38. The highest BCUT2D eigenvalue weighted by molar-refractivity contribution is 5.38. The van der Waals surface area contributed by atoms with Crippen molar-refractivity contribution in [3.8, 4) is 0 Å². The second-order valence-electron chi connectivity index (χ2n) is 9.17. The van der Waals surface area contributed by atoms with Gasteiger partial charge in [-0.05, 0) is 110 Å². The van der Waals surface area contributed by atoms with Gasteiger partial charge in [-0.1, -0.05) is 60.7 Å². The average molecular weight is 385 g/mol. The van der Waals surface area contributed by atoms with Gasteiger partial charge in [0.05, 0.1) is 0 Å². The van der Waals surface area contributed by atoms with Crippen molar-refractivity contribution in [3.05, 3.63) is 95.1 Å². The van der Waals surface area contributed by atoms with E-state index in [1.807, 2.05) is 6.08 Å². The normalized spacial score (nSPS) is 24.4. The standard InChI is InChI=1S/C29H36/c1-3-5-7-23-10-13-29-21-28(19-18-27(29)20-23)26-16-14-25(15-17-26)24-11-8-22(6-4-2)9-12-24/h3-4,6,10,13-17,20,22,24,28H,1,5,7-9,11-12,18-19,21H2,2H3/b6-4+. The summed E-state index contributed by atoms with van der Waals surface area (Å²) in [6.45, 7) is 6.00. The van der Waals surface area contributed by atoms with Crippen LogP contribution in [0.4, 0.5) is 0 Å². The van der Waals surface area contributed by atoms with E-state index in [-0.39, 0.29) is 0 Å². The molecule has 1 unspecified atom stereocenters. The molecule has 1 fully saturated rings. The van der Waals surface area contributed by atoms with Crippen LogP contribution >= 0.6 is 0 Å². The number of aryl methyl sites for hydroxylation is 2. The largest absolute Gasteiger partial charge is 0.103 e. The van der Waals surface area contributed by atoms with Crippen LogP contribution in [-0.2, 0) is 19.3 Å². The van der Waals surface area contributed by atoms with Gasteiger partial charge in [-0.15, -0.1) is 6.58 Å². The minimum atomic E-state index is 0.681. The quantitative estimate of drug-likeness (QED) is 0.444. The highest BCUT2D eigenvalue weighted by atomic mass is 14.3. The zero-order valence-electron chi connectivity index (χ0n) is 18.1. The summed E-state index contributed by atoms with van der Waals surface area (Å²) >= 11 is 0. The molecule has 0 heterocycles. The van der Waals surface area contributed by atoms with Crippen LogP contribution < -0.4 is 0 Å². The van der Waals surface area contributed by atoms with Crippen LogP contribution in [0.5, 0.6) is 0 Å². The lowest BCUT2D eigenvalue weighted by Crippen LogP contribution is -2.14. The topological polar surface area (TPSA) is 0 Å². The van der Waals surface area contributed by atoms with E-state index in [0.29, 0.717) is 5.92 Å². The lowest BCUT2D eigenvalue weighted by atomic mass is 9.77. The van der Waals surface area contributed by atoms with Crippen molar-refractivity contribution >= 4 is 0 Å². The molecule has 152 valence electrons. The Labute approximate surface area is 177 Å². The summed E-state index contributed by atoms with van der Waals surface area (Å²) in [6, 6.07) is 16.9. The second-order valence-corrected chi connectivity index (χ2v) is 9.17. The van der Waals surface area contributed by atoms with Gasteiger partial charge in [-0.3, -0.25) is 0 Å².